The van der Waals surface area contributed by atoms with E-state index in [-0.39, 0.29) is 17.9 Å². The van der Waals surface area contributed by atoms with E-state index in [9.17, 15) is 22.8 Å². The van der Waals surface area contributed by atoms with Gasteiger partial charge in [0, 0.05) is 12.3 Å². The van der Waals surface area contributed by atoms with Crippen LogP contribution in [0, 0.1) is 0 Å². The number of pyridine rings is 1. The Bertz CT molecular complexity index is 1020. The minimum Gasteiger partial charge on any atom is -0.454 e. The first kappa shape index (κ1) is 19.5. The predicted octanol–water partition coefficient (Wildman–Crippen LogP) is 4.00. The summed E-state index contributed by atoms with van der Waals surface area (Å²) in [5.41, 5.74) is -0.411. The van der Waals surface area contributed by atoms with Crippen molar-refractivity contribution in [3.8, 4) is 0 Å². The maximum Gasteiger partial charge on any atom is 0.416 e. The number of alkyl halides is 3. The average Bonchev–Trinajstić information content (AvgIpc) is 3.12. The highest BCUT2D eigenvalue weighted by atomic mass is 19.4. The molecule has 1 amide bonds. The van der Waals surface area contributed by atoms with E-state index in [2.05, 4.69) is 5.32 Å². The molecule has 1 aromatic carbocycles. The Morgan fingerprint density at radius 3 is 2.46 bits per heavy atom. The standard InChI is InChI=1S/C20H17F3N2O3/c1-13(14-5-7-15(8-6-14)20(21,22)23)24-19(27)17-10-9-16(28-17)12-25-11-3-2-4-18(25)26/h2-11,13H,12H2,1H3,(H,24,27)/t13-/m0/s1. The third kappa shape index (κ3) is 4.51. The molecule has 2 heterocycles. The summed E-state index contributed by atoms with van der Waals surface area (Å²) >= 11 is 0. The highest BCUT2D eigenvalue weighted by Crippen LogP contribution is 2.29. The molecule has 0 aliphatic carbocycles. The molecular formula is C20H17F3N2O3. The fourth-order valence-electron chi connectivity index (χ4n) is 2.66. The quantitative estimate of drug-likeness (QED) is 0.716. The van der Waals surface area contributed by atoms with Crippen LogP contribution in [0.1, 0.15) is 40.4 Å². The molecule has 146 valence electrons. The van der Waals surface area contributed by atoms with Gasteiger partial charge < -0.3 is 14.3 Å². The molecule has 0 radical (unpaired) electrons. The minimum absolute atomic E-state index is 0.0535. The zero-order valence-corrected chi connectivity index (χ0v) is 14.9. The van der Waals surface area contributed by atoms with Crippen LogP contribution in [0.3, 0.4) is 0 Å². The van der Waals surface area contributed by atoms with Gasteiger partial charge in [-0.15, -0.1) is 0 Å². The second kappa shape index (κ2) is 7.75. The number of furan rings is 1. The number of hydrogen-bond acceptors (Lipinski definition) is 3. The highest BCUT2D eigenvalue weighted by Gasteiger charge is 2.30. The zero-order chi connectivity index (χ0) is 20.3. The Labute approximate surface area is 158 Å². The molecule has 0 saturated carbocycles. The average molecular weight is 390 g/mol. The van der Waals surface area contributed by atoms with Gasteiger partial charge in [-0.2, -0.15) is 13.2 Å². The van der Waals surface area contributed by atoms with Crippen molar-refractivity contribution in [2.24, 2.45) is 0 Å². The van der Waals surface area contributed by atoms with Gasteiger partial charge in [0.2, 0.25) is 0 Å². The number of rotatable bonds is 5. The van der Waals surface area contributed by atoms with Gasteiger partial charge in [0.1, 0.15) is 5.76 Å². The fraction of sp³-hybridized carbons (Fsp3) is 0.200. The van der Waals surface area contributed by atoms with Crippen molar-refractivity contribution >= 4 is 5.91 Å². The van der Waals surface area contributed by atoms with E-state index in [0.717, 1.165) is 12.1 Å². The third-order valence-corrected chi connectivity index (χ3v) is 4.20. The van der Waals surface area contributed by atoms with Gasteiger partial charge in [0.15, 0.2) is 5.76 Å². The van der Waals surface area contributed by atoms with Crippen molar-refractivity contribution in [1.29, 1.82) is 0 Å². The Morgan fingerprint density at radius 1 is 1.11 bits per heavy atom. The number of amides is 1. The number of nitrogens with zero attached hydrogens (tertiary/aromatic N) is 1. The first-order chi connectivity index (χ1) is 13.2. The first-order valence-corrected chi connectivity index (χ1v) is 8.46. The number of benzene rings is 1. The van der Waals surface area contributed by atoms with Crippen LogP contribution in [0.15, 0.2) is 70.0 Å². The van der Waals surface area contributed by atoms with E-state index in [4.69, 9.17) is 4.42 Å². The predicted molar refractivity (Wildman–Crippen MR) is 95.8 cm³/mol. The minimum atomic E-state index is -4.41. The second-order valence-electron chi connectivity index (χ2n) is 6.25. The second-order valence-corrected chi connectivity index (χ2v) is 6.25. The number of halogens is 3. The largest absolute Gasteiger partial charge is 0.454 e. The molecule has 0 spiro atoms. The number of hydrogen-bond donors (Lipinski definition) is 1. The van der Waals surface area contributed by atoms with Crippen molar-refractivity contribution in [2.45, 2.75) is 25.7 Å². The van der Waals surface area contributed by atoms with Crippen LogP contribution in [-0.4, -0.2) is 10.5 Å². The molecule has 3 rings (SSSR count). The van der Waals surface area contributed by atoms with E-state index in [1.54, 1.807) is 31.3 Å². The summed E-state index contributed by atoms with van der Waals surface area (Å²) in [4.78, 5) is 24.1. The Morgan fingerprint density at radius 2 is 1.82 bits per heavy atom. The van der Waals surface area contributed by atoms with Crippen LogP contribution in [0.25, 0.3) is 0 Å². The van der Waals surface area contributed by atoms with Gasteiger partial charge in [-0.1, -0.05) is 18.2 Å². The van der Waals surface area contributed by atoms with Crippen LogP contribution in [0.2, 0.25) is 0 Å². The van der Waals surface area contributed by atoms with Crippen LogP contribution in [0.4, 0.5) is 13.2 Å². The Hall–Kier alpha value is -3.29. The van der Waals surface area contributed by atoms with E-state index >= 15 is 0 Å². The monoisotopic (exact) mass is 390 g/mol. The summed E-state index contributed by atoms with van der Waals surface area (Å²) in [5.74, 6) is -0.0163. The van der Waals surface area contributed by atoms with E-state index in [0.29, 0.717) is 11.3 Å². The van der Waals surface area contributed by atoms with Gasteiger partial charge in [0.25, 0.3) is 11.5 Å². The smallest absolute Gasteiger partial charge is 0.416 e. The van der Waals surface area contributed by atoms with Crippen LogP contribution in [-0.2, 0) is 12.7 Å². The number of aromatic nitrogens is 1. The van der Waals surface area contributed by atoms with Crippen molar-refractivity contribution in [1.82, 2.24) is 9.88 Å². The van der Waals surface area contributed by atoms with E-state index < -0.39 is 23.7 Å². The van der Waals surface area contributed by atoms with Crippen molar-refractivity contribution in [3.05, 3.63) is 93.8 Å². The Balaban J connectivity index is 1.65. The lowest BCUT2D eigenvalue weighted by Gasteiger charge is -2.14. The van der Waals surface area contributed by atoms with Crippen LogP contribution >= 0.6 is 0 Å². The topological polar surface area (TPSA) is 64.2 Å². The molecule has 0 aliphatic rings. The van der Waals surface area contributed by atoms with Crippen LogP contribution < -0.4 is 10.9 Å². The molecule has 0 bridgehead atoms. The molecule has 0 unspecified atom stereocenters. The molecule has 28 heavy (non-hydrogen) atoms. The molecular weight excluding hydrogens is 373 g/mol. The molecule has 0 aliphatic heterocycles. The summed E-state index contributed by atoms with van der Waals surface area (Å²) in [5, 5.41) is 2.68. The maximum absolute atomic E-state index is 12.6. The molecule has 0 fully saturated rings. The molecule has 8 heteroatoms. The summed E-state index contributed by atoms with van der Waals surface area (Å²) in [7, 11) is 0. The number of carbonyl (C=O) groups excluding carboxylic acids is 1. The first-order valence-electron chi connectivity index (χ1n) is 8.46. The van der Waals surface area contributed by atoms with E-state index in [1.807, 2.05) is 0 Å². The zero-order valence-electron chi connectivity index (χ0n) is 14.9. The summed E-state index contributed by atoms with van der Waals surface area (Å²) in [6.07, 6.45) is -2.80. The van der Waals surface area contributed by atoms with Gasteiger partial charge in [0.05, 0.1) is 18.2 Å². The molecule has 0 saturated heterocycles. The Kier molecular flexibility index (Phi) is 5.39. The molecule has 1 atom stereocenters. The normalized spacial score (nSPS) is 12.6. The van der Waals surface area contributed by atoms with Crippen LogP contribution in [0.5, 0.6) is 0 Å². The van der Waals surface area contributed by atoms with Crippen molar-refractivity contribution in [2.75, 3.05) is 0 Å². The third-order valence-electron chi connectivity index (χ3n) is 4.20. The van der Waals surface area contributed by atoms with Gasteiger partial charge in [-0.3, -0.25) is 9.59 Å². The molecule has 3 aromatic rings. The summed E-state index contributed by atoms with van der Waals surface area (Å²) < 4.78 is 44.8. The van der Waals surface area contributed by atoms with Gasteiger partial charge in [-0.25, -0.2) is 0 Å². The molecule has 2 aromatic heterocycles. The summed E-state index contributed by atoms with van der Waals surface area (Å²) in [6, 6.07) is 11.9. The summed E-state index contributed by atoms with van der Waals surface area (Å²) in [6.45, 7) is 1.84. The SMILES string of the molecule is C[C@H](NC(=O)c1ccc(Cn2ccccc2=O)o1)c1ccc(C(F)(F)F)cc1. The molecule has 1 N–H and O–H groups in total. The van der Waals surface area contributed by atoms with Crippen molar-refractivity contribution < 1.29 is 22.4 Å². The lowest BCUT2D eigenvalue weighted by atomic mass is 10.1. The lowest BCUT2D eigenvalue weighted by molar-refractivity contribution is -0.137. The van der Waals surface area contributed by atoms with Gasteiger partial charge >= 0.3 is 6.18 Å². The molecule has 5 nitrogen and oxygen atoms in total. The van der Waals surface area contributed by atoms with Crippen molar-refractivity contribution in [3.63, 3.8) is 0 Å². The number of nitrogens with one attached hydrogen (secondary N) is 1. The maximum atomic E-state index is 12.6. The highest BCUT2D eigenvalue weighted by molar-refractivity contribution is 5.91. The number of carbonyl (C=O) groups is 1. The fourth-order valence-corrected chi connectivity index (χ4v) is 2.66. The van der Waals surface area contributed by atoms with Gasteiger partial charge in [-0.05, 0) is 42.8 Å². The van der Waals surface area contributed by atoms with E-state index in [1.165, 1.54) is 28.8 Å². The lowest BCUT2D eigenvalue weighted by Crippen LogP contribution is -2.26.